The Bertz CT molecular complexity index is 3140. The largest absolute Gasteiger partial charge is 0.426 e. The monoisotopic (exact) mass is 957 g/mol. The zero-order valence-electron chi connectivity index (χ0n) is 37.9. The van der Waals surface area contributed by atoms with E-state index in [1.807, 2.05) is 109 Å². The zero-order chi connectivity index (χ0) is 50.6. The normalized spacial score (nSPS) is 13.6. The number of hydrogen-bond donors (Lipinski definition) is 0. The van der Waals surface area contributed by atoms with E-state index in [1.54, 1.807) is 19.1 Å². The van der Waals surface area contributed by atoms with Gasteiger partial charge in [0.25, 0.3) is 11.8 Å². The van der Waals surface area contributed by atoms with Crippen LogP contribution in [0.25, 0.3) is 50.1 Å². The highest BCUT2D eigenvalue weighted by Gasteiger charge is 2.39. The molecule has 0 spiro atoms. The average Bonchev–Trinajstić information content (AvgIpc) is 3.37. The van der Waals surface area contributed by atoms with Crippen LogP contribution in [0.5, 0.6) is 5.75 Å². The van der Waals surface area contributed by atoms with Crippen LogP contribution in [-0.4, -0.2) is 24.1 Å². The van der Waals surface area contributed by atoms with Gasteiger partial charge in [0.2, 0.25) is 0 Å². The van der Waals surface area contributed by atoms with Gasteiger partial charge in [-0.15, -0.1) is 0 Å². The van der Waals surface area contributed by atoms with Gasteiger partial charge >= 0.3 is 18.3 Å². The van der Waals surface area contributed by atoms with Crippen molar-refractivity contribution >= 4 is 35.3 Å². The van der Waals surface area contributed by atoms with E-state index in [2.05, 4.69) is 13.2 Å². The second kappa shape index (κ2) is 20.1. The predicted octanol–water partition coefficient (Wildman–Crippen LogP) is 14.8. The van der Waals surface area contributed by atoms with E-state index in [-0.39, 0.29) is 52.6 Å². The summed E-state index contributed by atoms with van der Waals surface area (Å²) in [5, 5.41) is 0. The fraction of sp³-hybridized carbons (Fsp3) is 0.0847. The van der Waals surface area contributed by atoms with Gasteiger partial charge in [0.1, 0.15) is 5.75 Å². The molecule has 2 amide bonds. The molecule has 0 aromatic heterocycles. The Morgan fingerprint density at radius 3 is 1.52 bits per heavy atom. The Labute approximate surface area is 405 Å². The van der Waals surface area contributed by atoms with E-state index in [0.717, 1.165) is 39.5 Å². The first-order valence-corrected chi connectivity index (χ1v) is 22.2. The van der Waals surface area contributed by atoms with Crippen LogP contribution in [0.3, 0.4) is 0 Å². The Morgan fingerprint density at radius 1 is 0.620 bits per heavy atom. The number of imide groups is 1. The lowest BCUT2D eigenvalue weighted by Gasteiger charge is -2.30. The summed E-state index contributed by atoms with van der Waals surface area (Å²) in [4.78, 5) is 55.6. The Hall–Kier alpha value is -8.64. The van der Waals surface area contributed by atoms with Gasteiger partial charge in [-0.2, -0.15) is 26.3 Å². The molecule has 1 heterocycles. The molecule has 8 rings (SSSR count). The zero-order valence-corrected chi connectivity index (χ0v) is 37.9. The molecule has 71 heavy (non-hydrogen) atoms. The molecule has 0 bridgehead atoms. The summed E-state index contributed by atoms with van der Waals surface area (Å²) in [5.74, 6) is -2.19. The molecule has 0 atom stereocenters. The number of aldehydes is 1. The molecule has 7 aromatic carbocycles. The molecule has 0 aliphatic carbocycles. The van der Waals surface area contributed by atoms with Crippen molar-refractivity contribution in [2.45, 2.75) is 32.1 Å². The summed E-state index contributed by atoms with van der Waals surface area (Å²) in [6.45, 7) is 9.04. The maximum Gasteiger partial charge on any atom is 0.416 e. The highest BCUT2D eigenvalue weighted by Crippen LogP contribution is 2.41. The highest BCUT2D eigenvalue weighted by atomic mass is 19.4. The first kappa shape index (κ1) is 48.8. The van der Waals surface area contributed by atoms with Gasteiger partial charge in [0, 0.05) is 16.7 Å². The molecule has 0 radical (unpaired) electrons. The molecular formula is C59H41F6NO5. The number of benzene rings is 7. The Morgan fingerprint density at radius 2 is 1.08 bits per heavy atom. The second-order valence-electron chi connectivity index (χ2n) is 16.5. The van der Waals surface area contributed by atoms with Crippen LogP contribution >= 0.6 is 0 Å². The van der Waals surface area contributed by atoms with Crippen LogP contribution in [0.2, 0.25) is 0 Å². The topological polar surface area (TPSA) is 80.8 Å². The smallest absolute Gasteiger partial charge is 0.416 e. The first-order chi connectivity index (χ1) is 34.0. The van der Waals surface area contributed by atoms with Gasteiger partial charge in [-0.1, -0.05) is 147 Å². The number of alkyl halides is 6. The van der Waals surface area contributed by atoms with E-state index in [4.69, 9.17) is 4.74 Å². The summed E-state index contributed by atoms with van der Waals surface area (Å²) >= 11 is 0. The van der Waals surface area contributed by atoms with Crippen LogP contribution < -0.4 is 9.64 Å². The van der Waals surface area contributed by atoms with Crippen LogP contribution in [0, 0.1) is 0 Å². The van der Waals surface area contributed by atoms with Crippen molar-refractivity contribution in [2.24, 2.45) is 0 Å². The number of hydrogen-bond acceptors (Lipinski definition) is 5. The van der Waals surface area contributed by atoms with Crippen molar-refractivity contribution in [3.05, 3.63) is 234 Å². The predicted molar refractivity (Wildman–Crippen MR) is 263 cm³/mol. The number of rotatable bonds is 13. The van der Waals surface area contributed by atoms with Gasteiger partial charge in [0.15, 0.2) is 6.29 Å². The number of nitrogens with zero attached hydrogens (tertiary/aromatic N) is 1. The highest BCUT2D eigenvalue weighted by molar-refractivity contribution is 6.31. The molecule has 1 aliphatic heterocycles. The van der Waals surface area contributed by atoms with Gasteiger partial charge in [-0.25, -0.2) is 4.90 Å². The van der Waals surface area contributed by atoms with Crippen molar-refractivity contribution < 1.29 is 50.3 Å². The third kappa shape index (κ3) is 10.5. The quantitative estimate of drug-likeness (QED) is 0.0287. The fourth-order valence-electron chi connectivity index (χ4n) is 8.44. The number of esters is 1. The standard InChI is InChI=1S/C59H41F6NO5/c1-4-49-50(5-2)56(69)66(57(70)53(49)28-36(3)44-30-45(58(60,61)62)32-46(31-44)59(63,64)65)47-26-16-37(17-27-47)29-55(68)71-48-33-51(42-22-18-40(19-23-42)38-12-8-6-9-13-38)54(35-67)52(34-48)43-24-20-41(21-25-43)39-14-10-7-11-15-39/h5-28,30-35H,2-4,29H2,1H3/b53-28+. The average molecular weight is 958 g/mol. The molecule has 0 saturated heterocycles. The summed E-state index contributed by atoms with van der Waals surface area (Å²) in [7, 11) is 0. The van der Waals surface area contributed by atoms with E-state index in [1.165, 1.54) is 30.3 Å². The summed E-state index contributed by atoms with van der Waals surface area (Å²) in [5.41, 5.74) is 3.25. The summed E-state index contributed by atoms with van der Waals surface area (Å²) < 4.78 is 88.3. The third-order valence-corrected chi connectivity index (χ3v) is 12.0. The Balaban J connectivity index is 1.08. The minimum absolute atomic E-state index is 0.00922. The van der Waals surface area contributed by atoms with Crippen molar-refractivity contribution in [1.29, 1.82) is 0 Å². The summed E-state index contributed by atoms with van der Waals surface area (Å²) in [6, 6.07) is 45.1. The number of amides is 2. The van der Waals surface area contributed by atoms with Gasteiger partial charge in [-0.3, -0.25) is 19.2 Å². The van der Waals surface area contributed by atoms with Crippen molar-refractivity contribution in [2.75, 3.05) is 4.90 Å². The summed E-state index contributed by atoms with van der Waals surface area (Å²) in [6.07, 6.45) is -7.38. The van der Waals surface area contributed by atoms with Crippen LogP contribution in [-0.2, 0) is 33.2 Å². The minimum atomic E-state index is -5.12. The van der Waals surface area contributed by atoms with Gasteiger partial charge in [0.05, 0.1) is 23.2 Å². The van der Waals surface area contributed by atoms with E-state index < -0.39 is 46.8 Å². The molecule has 0 N–H and O–H groups in total. The lowest BCUT2D eigenvalue weighted by molar-refractivity contribution is -0.143. The van der Waals surface area contributed by atoms with Crippen LogP contribution in [0.4, 0.5) is 32.0 Å². The number of halogens is 6. The maximum atomic E-state index is 14.2. The van der Waals surface area contributed by atoms with E-state index in [0.29, 0.717) is 45.5 Å². The molecule has 0 saturated carbocycles. The van der Waals surface area contributed by atoms with Crippen molar-refractivity contribution in [3.63, 3.8) is 0 Å². The van der Waals surface area contributed by atoms with Crippen LogP contribution in [0.1, 0.15) is 46.0 Å². The van der Waals surface area contributed by atoms with Gasteiger partial charge in [-0.05, 0) is 122 Å². The van der Waals surface area contributed by atoms with Crippen LogP contribution in [0.15, 0.2) is 206 Å². The molecule has 12 heteroatoms. The molecular weight excluding hydrogens is 917 g/mol. The van der Waals surface area contributed by atoms with Crippen molar-refractivity contribution in [3.8, 4) is 50.3 Å². The van der Waals surface area contributed by atoms with Crippen molar-refractivity contribution in [1.82, 2.24) is 0 Å². The van der Waals surface area contributed by atoms with E-state index >= 15 is 0 Å². The molecule has 1 aliphatic rings. The molecule has 354 valence electrons. The van der Waals surface area contributed by atoms with E-state index in [9.17, 15) is 45.5 Å². The molecule has 0 fully saturated rings. The second-order valence-corrected chi connectivity index (χ2v) is 16.5. The molecule has 7 aromatic rings. The first-order valence-electron chi connectivity index (χ1n) is 22.2. The molecule has 6 nitrogen and oxygen atoms in total. The minimum Gasteiger partial charge on any atom is -0.426 e. The lowest BCUT2D eigenvalue weighted by Crippen LogP contribution is -2.43. The van der Waals surface area contributed by atoms with Gasteiger partial charge < -0.3 is 4.74 Å². The number of ether oxygens (including phenoxy) is 1. The number of allylic oxidation sites excluding steroid dienone is 2. The SMILES string of the molecule is C=CC1=C(CC)/C(=C\C(=C)c2cc(C(F)(F)F)cc(C(F)(F)F)c2)C(=O)N(c2ccc(CC(=O)Oc3cc(-c4ccc(-c5ccccc5)cc4)c(C=O)c(-c4ccc(-c5ccccc5)cc4)c3)cc2)C1=O. The third-order valence-electron chi connectivity index (χ3n) is 12.0. The lowest BCUT2D eigenvalue weighted by atomic mass is 9.88. The fourth-order valence-corrected chi connectivity index (χ4v) is 8.44. The Kier molecular flexibility index (Phi) is 13.8. The number of anilines is 1. The number of carbonyl (C=O) groups excluding carboxylic acids is 4. The number of carbonyl (C=O) groups is 4. The molecule has 0 unspecified atom stereocenters. The maximum absolute atomic E-state index is 14.2.